The molecule has 12 aromatic rings. The lowest BCUT2D eigenvalue weighted by Gasteiger charge is -2.15. The van der Waals surface area contributed by atoms with Gasteiger partial charge in [0.25, 0.3) is 0 Å². The Morgan fingerprint density at radius 1 is 0.246 bits per heavy atom. The first kappa shape index (κ1) is 34.7. The van der Waals surface area contributed by atoms with E-state index in [9.17, 15) is 0 Å². The first-order valence-corrected chi connectivity index (χ1v) is 20.7. The molecule has 5 nitrogen and oxygen atoms in total. The van der Waals surface area contributed by atoms with E-state index >= 15 is 0 Å². The highest BCUT2D eigenvalue weighted by atomic mass is 15.1. The molecule has 0 bridgehead atoms. The van der Waals surface area contributed by atoms with Crippen molar-refractivity contribution in [1.82, 2.24) is 23.7 Å². The van der Waals surface area contributed by atoms with Crippen LogP contribution in [0.1, 0.15) is 0 Å². The molecule has 0 aliphatic heterocycles. The van der Waals surface area contributed by atoms with Crippen molar-refractivity contribution < 1.29 is 0 Å². The number of fused-ring (bicyclic) bond motifs is 5. The second kappa shape index (κ2) is 14.2. The van der Waals surface area contributed by atoms with E-state index < -0.39 is 0 Å². The van der Waals surface area contributed by atoms with E-state index in [2.05, 4.69) is 226 Å². The van der Waals surface area contributed by atoms with Crippen molar-refractivity contribution in [3.8, 4) is 62.1 Å². The molecule has 0 saturated carbocycles. The maximum atomic E-state index is 5.09. The second-order valence-corrected chi connectivity index (χ2v) is 15.5. The van der Waals surface area contributed by atoms with Crippen LogP contribution in [0.5, 0.6) is 0 Å². The van der Waals surface area contributed by atoms with Crippen molar-refractivity contribution in [1.29, 1.82) is 0 Å². The summed E-state index contributed by atoms with van der Waals surface area (Å²) in [6.45, 7) is 0. The van der Waals surface area contributed by atoms with Crippen LogP contribution in [0.3, 0.4) is 0 Å². The minimum atomic E-state index is 0.924. The van der Waals surface area contributed by atoms with Crippen LogP contribution in [-0.4, -0.2) is 23.7 Å². The molecule has 61 heavy (non-hydrogen) atoms. The molecule has 0 fully saturated rings. The average Bonchev–Trinajstić information content (AvgIpc) is 4.03. The molecule has 5 heteroatoms. The zero-order valence-electron chi connectivity index (χ0n) is 33.1. The topological polar surface area (TPSA) is 40.6 Å². The van der Waals surface area contributed by atoms with E-state index in [1.54, 1.807) is 0 Å². The molecule has 3 aromatic heterocycles. The minimum absolute atomic E-state index is 0.924. The standard InChI is InChI=1S/C56H37N5/c1-3-15-40(16-4-1)55-57-49-21-9-13-25-53(49)60(55)44-31-27-38(28-32-44)42-35-43(37-46(36-42)59-51-23-11-7-19-47(51)48-20-8-12-24-52(48)59)39-29-33-45(34-30-39)61-54-26-14-10-22-50(54)58-56(61)41-17-5-2-6-18-41/h1-37H. The number of hydrogen-bond donors (Lipinski definition) is 0. The first-order chi connectivity index (χ1) is 30.2. The van der Waals surface area contributed by atoms with E-state index in [1.807, 2.05) is 12.1 Å². The predicted molar refractivity (Wildman–Crippen MR) is 252 cm³/mol. The molecule has 0 amide bonds. The summed E-state index contributed by atoms with van der Waals surface area (Å²) in [5, 5.41) is 2.48. The Morgan fingerprint density at radius 2 is 0.623 bits per heavy atom. The zero-order valence-corrected chi connectivity index (χ0v) is 33.1. The van der Waals surface area contributed by atoms with Crippen molar-refractivity contribution >= 4 is 43.9 Å². The van der Waals surface area contributed by atoms with Gasteiger partial charge in [0.2, 0.25) is 0 Å². The maximum Gasteiger partial charge on any atom is 0.145 e. The third-order valence-corrected chi connectivity index (χ3v) is 11.9. The normalized spacial score (nSPS) is 11.6. The fourth-order valence-corrected chi connectivity index (χ4v) is 9.02. The van der Waals surface area contributed by atoms with Gasteiger partial charge in [0.05, 0.1) is 33.1 Å². The molecule has 0 unspecified atom stereocenters. The molecule has 9 aromatic carbocycles. The molecule has 0 radical (unpaired) electrons. The molecule has 286 valence electrons. The number of para-hydroxylation sites is 6. The fourth-order valence-electron chi connectivity index (χ4n) is 9.02. The Balaban J connectivity index is 1.01. The van der Waals surface area contributed by atoms with Gasteiger partial charge in [-0.25, -0.2) is 9.97 Å². The van der Waals surface area contributed by atoms with Crippen molar-refractivity contribution in [2.24, 2.45) is 0 Å². The third-order valence-electron chi connectivity index (χ3n) is 11.9. The molecular formula is C56H37N5. The Morgan fingerprint density at radius 3 is 1.07 bits per heavy atom. The van der Waals surface area contributed by atoms with Gasteiger partial charge in [-0.2, -0.15) is 0 Å². The van der Waals surface area contributed by atoms with E-state index in [4.69, 9.17) is 9.97 Å². The Labute approximate surface area is 352 Å². The summed E-state index contributed by atoms with van der Waals surface area (Å²) < 4.78 is 6.94. The maximum absolute atomic E-state index is 5.09. The van der Waals surface area contributed by atoms with Gasteiger partial charge in [-0.3, -0.25) is 9.13 Å². The molecule has 0 spiro atoms. The first-order valence-electron chi connectivity index (χ1n) is 20.7. The molecule has 0 aliphatic carbocycles. The third kappa shape index (κ3) is 5.86. The van der Waals surface area contributed by atoms with Gasteiger partial charge in [0.1, 0.15) is 11.6 Å². The smallest absolute Gasteiger partial charge is 0.145 e. The number of rotatable bonds is 7. The van der Waals surface area contributed by atoms with Gasteiger partial charge in [-0.15, -0.1) is 0 Å². The predicted octanol–water partition coefficient (Wildman–Crippen LogP) is 14.1. The highest BCUT2D eigenvalue weighted by Gasteiger charge is 2.18. The quantitative estimate of drug-likeness (QED) is 0.162. The van der Waals surface area contributed by atoms with Crippen LogP contribution >= 0.6 is 0 Å². The largest absolute Gasteiger partial charge is 0.309 e. The lowest BCUT2D eigenvalue weighted by Crippen LogP contribution is -1.99. The molecular weight excluding hydrogens is 743 g/mol. The summed E-state index contributed by atoms with van der Waals surface area (Å²) in [5.74, 6) is 1.85. The number of benzene rings is 9. The average molecular weight is 780 g/mol. The van der Waals surface area contributed by atoms with Gasteiger partial charge in [-0.05, 0) is 101 Å². The molecule has 0 aliphatic rings. The van der Waals surface area contributed by atoms with Crippen molar-refractivity contribution in [3.05, 3.63) is 224 Å². The van der Waals surface area contributed by atoms with Crippen molar-refractivity contribution in [2.45, 2.75) is 0 Å². The number of hydrogen-bond acceptors (Lipinski definition) is 2. The van der Waals surface area contributed by atoms with Gasteiger partial charge >= 0.3 is 0 Å². The summed E-state index contributed by atoms with van der Waals surface area (Å²) in [5.41, 5.74) is 16.4. The van der Waals surface area contributed by atoms with Gasteiger partial charge in [0, 0.05) is 39.0 Å². The highest BCUT2D eigenvalue weighted by molar-refractivity contribution is 6.09. The van der Waals surface area contributed by atoms with Crippen LogP contribution in [0.15, 0.2) is 224 Å². The van der Waals surface area contributed by atoms with Crippen LogP contribution < -0.4 is 0 Å². The molecule has 12 rings (SSSR count). The number of aromatic nitrogens is 5. The summed E-state index contributed by atoms with van der Waals surface area (Å²) in [4.78, 5) is 10.2. The van der Waals surface area contributed by atoms with Crippen LogP contribution in [0, 0.1) is 0 Å². The summed E-state index contributed by atoms with van der Waals surface area (Å²) in [7, 11) is 0. The summed E-state index contributed by atoms with van der Waals surface area (Å²) in [6, 6.07) is 79.8. The Kier molecular flexibility index (Phi) is 8.10. The van der Waals surface area contributed by atoms with E-state index in [1.165, 1.54) is 21.8 Å². The fraction of sp³-hybridized carbons (Fsp3) is 0. The van der Waals surface area contributed by atoms with Gasteiger partial charge in [0.15, 0.2) is 0 Å². The SMILES string of the molecule is c1ccc(-c2nc3ccccc3n2-c2ccc(-c3cc(-c4ccc(-n5c(-c6ccccc6)nc6ccccc65)cc4)cc(-n4c5ccccc5c5ccccc54)c3)cc2)cc1. The Hall–Kier alpha value is -8.28. The zero-order chi connectivity index (χ0) is 40.3. The van der Waals surface area contributed by atoms with Gasteiger partial charge < -0.3 is 4.57 Å². The van der Waals surface area contributed by atoms with Crippen LogP contribution in [0.4, 0.5) is 0 Å². The lowest BCUT2D eigenvalue weighted by atomic mass is 9.97. The monoisotopic (exact) mass is 779 g/mol. The molecule has 0 saturated heterocycles. The summed E-state index contributed by atoms with van der Waals surface area (Å²) in [6.07, 6.45) is 0. The lowest BCUT2D eigenvalue weighted by molar-refractivity contribution is 1.10. The van der Waals surface area contributed by atoms with Crippen molar-refractivity contribution in [2.75, 3.05) is 0 Å². The highest BCUT2D eigenvalue weighted by Crippen LogP contribution is 2.38. The summed E-state index contributed by atoms with van der Waals surface area (Å²) >= 11 is 0. The number of imidazole rings is 2. The van der Waals surface area contributed by atoms with E-state index in [0.717, 1.165) is 84.2 Å². The van der Waals surface area contributed by atoms with Crippen LogP contribution in [0.25, 0.3) is 106 Å². The van der Waals surface area contributed by atoms with Crippen LogP contribution in [-0.2, 0) is 0 Å². The second-order valence-electron chi connectivity index (χ2n) is 15.5. The molecule has 0 N–H and O–H groups in total. The Bertz CT molecular complexity index is 3320. The minimum Gasteiger partial charge on any atom is -0.309 e. The number of nitrogens with zero attached hydrogens (tertiary/aromatic N) is 5. The van der Waals surface area contributed by atoms with Gasteiger partial charge in [-0.1, -0.05) is 146 Å². The van der Waals surface area contributed by atoms with E-state index in [-0.39, 0.29) is 0 Å². The molecule has 3 heterocycles. The molecule has 0 atom stereocenters. The van der Waals surface area contributed by atoms with Crippen LogP contribution in [0.2, 0.25) is 0 Å². The van der Waals surface area contributed by atoms with E-state index in [0.29, 0.717) is 0 Å². The van der Waals surface area contributed by atoms with Crippen molar-refractivity contribution in [3.63, 3.8) is 0 Å².